The zero-order valence-electron chi connectivity index (χ0n) is 11.9. The minimum atomic E-state index is -0.809. The number of aliphatic hydroxyl groups is 3. The molecule has 6 heteroatoms. The molecule has 0 heterocycles. The Kier molecular flexibility index (Phi) is 6.74. The number of hydrogen-bond acceptors (Lipinski definition) is 6. The topological polar surface area (TPSA) is 91.2 Å². The molecule has 4 N–H and O–H groups in total. The van der Waals surface area contributed by atoms with Crippen molar-refractivity contribution in [3.8, 4) is 11.5 Å². The lowest BCUT2D eigenvalue weighted by atomic mass is 10.1. The monoisotopic (exact) mass is 285 g/mol. The molecule has 6 nitrogen and oxygen atoms in total. The third-order valence-electron chi connectivity index (χ3n) is 2.95. The molecule has 1 rings (SSSR count). The number of β-amino-alcohol motifs (C(OH)–C–C–N with tert-alkyl or cyclic N) is 1. The van der Waals surface area contributed by atoms with Crippen molar-refractivity contribution in [3.05, 3.63) is 24.3 Å². The molecule has 0 bridgehead atoms. The maximum atomic E-state index is 9.81. The Hall–Kier alpha value is -1.34. The van der Waals surface area contributed by atoms with Gasteiger partial charge in [-0.15, -0.1) is 0 Å². The van der Waals surface area contributed by atoms with Gasteiger partial charge in [-0.1, -0.05) is 6.07 Å². The van der Waals surface area contributed by atoms with Gasteiger partial charge in [0.1, 0.15) is 24.2 Å². The number of hydrogen-bond donors (Lipinski definition) is 4. The van der Waals surface area contributed by atoms with Gasteiger partial charge in [-0.2, -0.15) is 0 Å². The Labute approximate surface area is 119 Å². The number of nitrogens with one attached hydrogen (secondary N) is 1. The molecule has 0 aromatic heterocycles. The van der Waals surface area contributed by atoms with E-state index in [1.807, 2.05) is 0 Å². The van der Waals surface area contributed by atoms with E-state index in [9.17, 15) is 5.11 Å². The summed E-state index contributed by atoms with van der Waals surface area (Å²) in [6, 6.07) is 7.10. The van der Waals surface area contributed by atoms with Gasteiger partial charge >= 0.3 is 0 Å². The van der Waals surface area contributed by atoms with Crippen LogP contribution in [0, 0.1) is 0 Å². The third-order valence-corrected chi connectivity index (χ3v) is 2.95. The first-order chi connectivity index (χ1) is 9.53. The summed E-state index contributed by atoms with van der Waals surface area (Å²) in [5.74, 6) is 1.29. The van der Waals surface area contributed by atoms with Crippen molar-refractivity contribution in [2.45, 2.75) is 18.6 Å². The molecule has 1 atom stereocenters. The second kappa shape index (κ2) is 8.06. The van der Waals surface area contributed by atoms with Gasteiger partial charge in [0, 0.05) is 12.6 Å². The van der Waals surface area contributed by atoms with E-state index < -0.39 is 11.6 Å². The quantitative estimate of drug-likeness (QED) is 0.501. The van der Waals surface area contributed by atoms with Gasteiger partial charge in [-0.3, -0.25) is 0 Å². The first kappa shape index (κ1) is 16.7. The van der Waals surface area contributed by atoms with Crippen molar-refractivity contribution in [2.75, 3.05) is 33.5 Å². The Morgan fingerprint density at radius 1 is 1.25 bits per heavy atom. The summed E-state index contributed by atoms with van der Waals surface area (Å²) < 4.78 is 10.5. The van der Waals surface area contributed by atoms with Crippen LogP contribution in [-0.4, -0.2) is 60.4 Å². The second-order valence-corrected chi connectivity index (χ2v) is 4.90. The summed E-state index contributed by atoms with van der Waals surface area (Å²) in [7, 11) is 1.57. The van der Waals surface area contributed by atoms with E-state index in [1.165, 1.54) is 0 Å². The summed E-state index contributed by atoms with van der Waals surface area (Å²) in [5.41, 5.74) is -0.809. The molecule has 1 aromatic carbocycles. The van der Waals surface area contributed by atoms with Crippen LogP contribution in [0.15, 0.2) is 24.3 Å². The molecule has 20 heavy (non-hydrogen) atoms. The van der Waals surface area contributed by atoms with Crippen LogP contribution in [-0.2, 0) is 0 Å². The summed E-state index contributed by atoms with van der Waals surface area (Å²) >= 11 is 0. The number of aliphatic hydroxyl groups excluding tert-OH is 3. The standard InChI is InChI=1S/C14H23NO5/c1-14(9-16,10-17)15-7-11(18)8-20-13-5-3-4-12(6-13)19-2/h3-6,11,15-18H,7-10H2,1-2H3. The summed E-state index contributed by atoms with van der Waals surface area (Å²) in [4.78, 5) is 0. The van der Waals surface area contributed by atoms with Gasteiger partial charge in [-0.05, 0) is 19.1 Å². The minimum absolute atomic E-state index is 0.104. The first-order valence-corrected chi connectivity index (χ1v) is 6.44. The molecule has 1 unspecified atom stereocenters. The van der Waals surface area contributed by atoms with E-state index in [0.29, 0.717) is 11.5 Å². The third kappa shape index (κ3) is 5.34. The molecular weight excluding hydrogens is 262 g/mol. The SMILES string of the molecule is COc1cccc(OCC(O)CNC(C)(CO)CO)c1. The van der Waals surface area contributed by atoms with E-state index in [4.69, 9.17) is 19.7 Å². The summed E-state index contributed by atoms with van der Waals surface area (Å²) in [5, 5.41) is 30.9. The fourth-order valence-corrected chi connectivity index (χ4v) is 1.47. The van der Waals surface area contributed by atoms with Gasteiger partial charge in [-0.25, -0.2) is 0 Å². The predicted octanol–water partition coefficient (Wildman–Crippen LogP) is -0.232. The van der Waals surface area contributed by atoms with Gasteiger partial charge < -0.3 is 30.1 Å². The molecule has 0 spiro atoms. The lowest BCUT2D eigenvalue weighted by molar-refractivity contribution is 0.0665. The highest BCUT2D eigenvalue weighted by Gasteiger charge is 2.22. The Balaban J connectivity index is 2.37. The molecular formula is C14H23NO5. The first-order valence-electron chi connectivity index (χ1n) is 6.44. The van der Waals surface area contributed by atoms with Gasteiger partial charge in [0.05, 0.1) is 25.9 Å². The van der Waals surface area contributed by atoms with Crippen LogP contribution in [0.2, 0.25) is 0 Å². The van der Waals surface area contributed by atoms with Crippen molar-refractivity contribution in [1.82, 2.24) is 5.32 Å². The summed E-state index contributed by atoms with van der Waals surface area (Å²) in [6.45, 7) is 1.55. The lowest BCUT2D eigenvalue weighted by Crippen LogP contribution is -2.52. The highest BCUT2D eigenvalue weighted by atomic mass is 16.5. The molecule has 0 saturated heterocycles. The number of rotatable bonds is 9. The van der Waals surface area contributed by atoms with Crippen LogP contribution in [0.25, 0.3) is 0 Å². The van der Waals surface area contributed by atoms with Crippen LogP contribution < -0.4 is 14.8 Å². The van der Waals surface area contributed by atoms with Crippen LogP contribution in [0.1, 0.15) is 6.92 Å². The van der Waals surface area contributed by atoms with Gasteiger partial charge in [0.25, 0.3) is 0 Å². The number of methoxy groups -OCH3 is 1. The van der Waals surface area contributed by atoms with Crippen molar-refractivity contribution in [2.24, 2.45) is 0 Å². The molecule has 0 fully saturated rings. The van der Waals surface area contributed by atoms with Crippen LogP contribution >= 0.6 is 0 Å². The van der Waals surface area contributed by atoms with Crippen LogP contribution in [0.3, 0.4) is 0 Å². The van der Waals surface area contributed by atoms with E-state index >= 15 is 0 Å². The van der Waals surface area contributed by atoms with Gasteiger partial charge in [0.2, 0.25) is 0 Å². The highest BCUT2D eigenvalue weighted by Crippen LogP contribution is 2.18. The Morgan fingerprint density at radius 2 is 1.90 bits per heavy atom. The van der Waals surface area contributed by atoms with Crippen molar-refractivity contribution in [1.29, 1.82) is 0 Å². The average molecular weight is 285 g/mol. The number of benzene rings is 1. The van der Waals surface area contributed by atoms with Crippen molar-refractivity contribution in [3.63, 3.8) is 0 Å². The normalized spacial score (nSPS) is 13.1. The summed E-state index contributed by atoms with van der Waals surface area (Å²) in [6.07, 6.45) is -0.751. The van der Waals surface area contributed by atoms with Crippen LogP contribution in [0.5, 0.6) is 11.5 Å². The fraction of sp³-hybridized carbons (Fsp3) is 0.571. The van der Waals surface area contributed by atoms with E-state index in [2.05, 4.69) is 5.32 Å². The molecule has 0 aliphatic carbocycles. The molecule has 0 radical (unpaired) electrons. The van der Waals surface area contributed by atoms with Gasteiger partial charge in [0.15, 0.2) is 0 Å². The largest absolute Gasteiger partial charge is 0.497 e. The second-order valence-electron chi connectivity index (χ2n) is 4.90. The van der Waals surface area contributed by atoms with Crippen molar-refractivity contribution >= 4 is 0 Å². The van der Waals surface area contributed by atoms with E-state index in [1.54, 1.807) is 38.3 Å². The molecule has 0 aliphatic rings. The predicted molar refractivity (Wildman–Crippen MR) is 75.1 cm³/mol. The van der Waals surface area contributed by atoms with Crippen LogP contribution in [0.4, 0.5) is 0 Å². The fourth-order valence-electron chi connectivity index (χ4n) is 1.47. The lowest BCUT2D eigenvalue weighted by Gasteiger charge is -2.27. The maximum Gasteiger partial charge on any atom is 0.123 e. The Bertz CT molecular complexity index is 395. The Morgan fingerprint density at radius 3 is 2.50 bits per heavy atom. The molecule has 0 amide bonds. The van der Waals surface area contributed by atoms with Crippen molar-refractivity contribution < 1.29 is 24.8 Å². The average Bonchev–Trinajstić information content (AvgIpc) is 2.50. The molecule has 1 aromatic rings. The molecule has 0 saturated carbocycles. The maximum absolute atomic E-state index is 9.81. The number of ether oxygens (including phenoxy) is 2. The zero-order valence-corrected chi connectivity index (χ0v) is 11.9. The highest BCUT2D eigenvalue weighted by molar-refractivity contribution is 5.32. The minimum Gasteiger partial charge on any atom is -0.497 e. The molecule has 114 valence electrons. The molecule has 0 aliphatic heterocycles. The zero-order chi connectivity index (χ0) is 15.0. The van der Waals surface area contributed by atoms with E-state index in [0.717, 1.165) is 0 Å². The van der Waals surface area contributed by atoms with E-state index in [-0.39, 0.29) is 26.4 Å². The smallest absolute Gasteiger partial charge is 0.123 e.